The number of nitrogens with zero attached hydrogens (tertiary/aromatic N) is 4. The zero-order valence-electron chi connectivity index (χ0n) is 16.0. The molecule has 1 atom stereocenters. The molecule has 0 aliphatic carbocycles. The van der Waals surface area contributed by atoms with Crippen molar-refractivity contribution in [1.29, 1.82) is 0 Å². The van der Waals surface area contributed by atoms with Gasteiger partial charge in [-0.1, -0.05) is 6.07 Å². The number of nitrogens with one attached hydrogen (secondary N) is 2. The number of anilines is 1. The molecule has 11 nitrogen and oxygen atoms in total. The third kappa shape index (κ3) is 3.41. The number of nitro groups is 1. The molecule has 3 aromatic rings. The number of carbonyl (C=O) groups excluding carboxylic acids is 2. The lowest BCUT2D eigenvalue weighted by molar-refractivity contribution is -0.385. The molecule has 1 aliphatic heterocycles. The molecule has 2 aromatic heterocycles. The maximum absolute atomic E-state index is 12.7. The van der Waals surface area contributed by atoms with Crippen LogP contribution in [0.15, 0.2) is 42.6 Å². The van der Waals surface area contributed by atoms with Crippen molar-refractivity contribution in [2.75, 3.05) is 11.9 Å². The molecule has 11 heteroatoms. The second kappa shape index (κ2) is 7.43. The zero-order chi connectivity index (χ0) is 21.3. The zero-order valence-corrected chi connectivity index (χ0v) is 16.0. The summed E-state index contributed by atoms with van der Waals surface area (Å²) in [6, 6.07) is 9.39. The Balaban J connectivity index is 1.39. The smallest absolute Gasteiger partial charge is 0.278 e. The predicted octanol–water partition coefficient (Wildman–Crippen LogP) is 1.48. The summed E-state index contributed by atoms with van der Waals surface area (Å²) in [4.78, 5) is 35.5. The summed E-state index contributed by atoms with van der Waals surface area (Å²) in [5.74, 6) is -0.455. The Hall–Kier alpha value is -4.02. The molecule has 0 fully saturated rings. The number of carbonyl (C=O) groups is 2. The Labute approximate surface area is 170 Å². The summed E-state index contributed by atoms with van der Waals surface area (Å²) in [6.45, 7) is 1.61. The second-order valence-electron chi connectivity index (χ2n) is 6.93. The lowest BCUT2D eigenvalue weighted by Gasteiger charge is -2.33. The number of rotatable bonds is 6. The van der Waals surface area contributed by atoms with Gasteiger partial charge in [-0.25, -0.2) is 0 Å². The number of hydrogen-bond acceptors (Lipinski definition) is 7. The third-order valence-corrected chi connectivity index (χ3v) is 4.85. The van der Waals surface area contributed by atoms with Crippen molar-refractivity contribution < 1.29 is 19.2 Å². The molecule has 154 valence electrons. The SMILES string of the molecule is CC1(C(=O)NCCCc2nnc3ccccn23)Oc2cc([N+](=O)[O-])ccc2NC1=O. The van der Waals surface area contributed by atoms with Crippen molar-refractivity contribution in [3.63, 3.8) is 0 Å². The van der Waals surface area contributed by atoms with Crippen molar-refractivity contribution in [1.82, 2.24) is 19.9 Å². The van der Waals surface area contributed by atoms with E-state index in [1.807, 2.05) is 28.8 Å². The molecule has 0 saturated carbocycles. The standard InChI is InChI=1S/C19H18N6O5/c1-19(18(27)21-13-8-7-12(25(28)29)11-14(13)30-19)17(26)20-9-4-6-16-23-22-15-5-2-3-10-24(15)16/h2-3,5,7-8,10-11H,4,6,9H2,1H3,(H,20,26)(H,21,27). The van der Waals surface area contributed by atoms with Crippen LogP contribution >= 0.6 is 0 Å². The van der Waals surface area contributed by atoms with E-state index in [0.717, 1.165) is 11.5 Å². The number of fused-ring (bicyclic) bond motifs is 2. The molecule has 0 spiro atoms. The molecule has 0 bridgehead atoms. The number of hydrogen-bond donors (Lipinski definition) is 2. The van der Waals surface area contributed by atoms with Gasteiger partial charge in [0.25, 0.3) is 23.1 Å². The number of aryl methyl sites for hydroxylation is 1. The first-order valence-electron chi connectivity index (χ1n) is 9.24. The summed E-state index contributed by atoms with van der Waals surface area (Å²) in [7, 11) is 0. The van der Waals surface area contributed by atoms with Crippen molar-refractivity contribution in [2.45, 2.75) is 25.4 Å². The van der Waals surface area contributed by atoms with E-state index in [1.54, 1.807) is 0 Å². The first-order valence-corrected chi connectivity index (χ1v) is 9.24. The van der Waals surface area contributed by atoms with Crippen LogP contribution in [0.1, 0.15) is 19.2 Å². The van der Waals surface area contributed by atoms with Crippen molar-refractivity contribution >= 4 is 28.8 Å². The monoisotopic (exact) mass is 410 g/mol. The molecule has 1 aliphatic rings. The fourth-order valence-corrected chi connectivity index (χ4v) is 3.15. The highest BCUT2D eigenvalue weighted by molar-refractivity contribution is 6.15. The first kappa shape index (κ1) is 19.3. The van der Waals surface area contributed by atoms with E-state index in [4.69, 9.17) is 4.74 Å². The number of pyridine rings is 1. The number of benzene rings is 1. The van der Waals surface area contributed by atoms with Gasteiger partial charge in [0.15, 0.2) is 11.4 Å². The van der Waals surface area contributed by atoms with Gasteiger partial charge in [0, 0.05) is 25.2 Å². The van der Waals surface area contributed by atoms with E-state index in [-0.39, 0.29) is 23.7 Å². The molecule has 1 unspecified atom stereocenters. The van der Waals surface area contributed by atoms with E-state index in [0.29, 0.717) is 12.8 Å². The largest absolute Gasteiger partial charge is 0.465 e. The number of ether oxygens (including phenoxy) is 1. The summed E-state index contributed by atoms with van der Waals surface area (Å²) in [5, 5.41) is 24.4. The van der Waals surface area contributed by atoms with Gasteiger partial charge in [-0.3, -0.25) is 24.1 Å². The Morgan fingerprint density at radius 1 is 1.33 bits per heavy atom. The lowest BCUT2D eigenvalue weighted by atomic mass is 10.0. The van der Waals surface area contributed by atoms with Gasteiger partial charge in [0.2, 0.25) is 0 Å². The predicted molar refractivity (Wildman–Crippen MR) is 105 cm³/mol. The minimum absolute atomic E-state index is 0.0661. The van der Waals surface area contributed by atoms with Gasteiger partial charge < -0.3 is 15.4 Å². The number of nitro benzene ring substituents is 1. The van der Waals surface area contributed by atoms with Crippen LogP contribution in [0, 0.1) is 10.1 Å². The van der Waals surface area contributed by atoms with E-state index < -0.39 is 22.3 Å². The van der Waals surface area contributed by atoms with Crippen LogP contribution in [-0.2, 0) is 16.0 Å². The average molecular weight is 410 g/mol. The Kier molecular flexibility index (Phi) is 4.78. The van der Waals surface area contributed by atoms with E-state index >= 15 is 0 Å². The molecule has 2 N–H and O–H groups in total. The molecule has 1 aromatic carbocycles. The first-order chi connectivity index (χ1) is 14.4. The summed E-state index contributed by atoms with van der Waals surface area (Å²) in [5.41, 5.74) is -1.03. The number of aromatic nitrogens is 3. The molecule has 4 rings (SSSR count). The maximum atomic E-state index is 12.7. The van der Waals surface area contributed by atoms with Crippen LogP contribution in [0.2, 0.25) is 0 Å². The Morgan fingerprint density at radius 3 is 2.97 bits per heavy atom. The minimum Gasteiger partial charge on any atom is -0.465 e. The van der Waals surface area contributed by atoms with Crippen LogP contribution in [0.3, 0.4) is 0 Å². The van der Waals surface area contributed by atoms with Gasteiger partial charge >= 0.3 is 0 Å². The Bertz CT molecular complexity index is 1160. The number of non-ortho nitro benzene ring substituents is 1. The summed E-state index contributed by atoms with van der Waals surface area (Å²) < 4.78 is 7.46. The quantitative estimate of drug-likeness (QED) is 0.271. The van der Waals surface area contributed by atoms with E-state index in [2.05, 4.69) is 20.8 Å². The molecule has 2 amide bonds. The molecular weight excluding hydrogens is 392 g/mol. The summed E-state index contributed by atoms with van der Waals surface area (Å²) in [6.07, 6.45) is 3.01. The van der Waals surface area contributed by atoms with Crippen LogP contribution < -0.4 is 15.4 Å². The van der Waals surface area contributed by atoms with Gasteiger partial charge in [0.05, 0.1) is 16.7 Å². The van der Waals surface area contributed by atoms with Crippen LogP contribution in [0.4, 0.5) is 11.4 Å². The van der Waals surface area contributed by atoms with Crippen molar-refractivity contribution in [2.24, 2.45) is 0 Å². The van der Waals surface area contributed by atoms with Crippen LogP contribution in [-0.4, -0.2) is 43.5 Å². The molecule has 0 saturated heterocycles. The fraction of sp³-hybridized carbons (Fsp3) is 0.263. The average Bonchev–Trinajstić information content (AvgIpc) is 3.14. The normalized spacial score (nSPS) is 17.7. The molecule has 3 heterocycles. The summed E-state index contributed by atoms with van der Waals surface area (Å²) >= 11 is 0. The molecule has 0 radical (unpaired) electrons. The minimum atomic E-state index is -1.84. The van der Waals surface area contributed by atoms with Crippen molar-refractivity contribution in [3.05, 3.63) is 58.5 Å². The lowest BCUT2D eigenvalue weighted by Crippen LogP contribution is -2.58. The molecular formula is C19H18N6O5. The van der Waals surface area contributed by atoms with E-state index in [1.165, 1.54) is 25.1 Å². The number of amides is 2. The van der Waals surface area contributed by atoms with Gasteiger partial charge in [-0.15, -0.1) is 10.2 Å². The topological polar surface area (TPSA) is 141 Å². The van der Waals surface area contributed by atoms with Crippen molar-refractivity contribution in [3.8, 4) is 5.75 Å². The fourth-order valence-electron chi connectivity index (χ4n) is 3.15. The van der Waals surface area contributed by atoms with Crippen LogP contribution in [0.5, 0.6) is 5.75 Å². The Morgan fingerprint density at radius 2 is 2.17 bits per heavy atom. The maximum Gasteiger partial charge on any atom is 0.278 e. The molecule has 30 heavy (non-hydrogen) atoms. The van der Waals surface area contributed by atoms with Crippen LogP contribution in [0.25, 0.3) is 5.65 Å². The van der Waals surface area contributed by atoms with Gasteiger partial charge in [-0.2, -0.15) is 0 Å². The van der Waals surface area contributed by atoms with Gasteiger partial charge in [0.1, 0.15) is 5.82 Å². The highest BCUT2D eigenvalue weighted by atomic mass is 16.6. The van der Waals surface area contributed by atoms with Gasteiger partial charge in [-0.05, 0) is 31.5 Å². The highest BCUT2D eigenvalue weighted by Gasteiger charge is 2.47. The highest BCUT2D eigenvalue weighted by Crippen LogP contribution is 2.36. The third-order valence-electron chi connectivity index (χ3n) is 4.85. The second-order valence-corrected chi connectivity index (χ2v) is 6.93. The van der Waals surface area contributed by atoms with E-state index in [9.17, 15) is 19.7 Å².